The van der Waals surface area contributed by atoms with Crippen molar-refractivity contribution in [3.8, 4) is 0 Å². The van der Waals surface area contributed by atoms with E-state index in [0.29, 0.717) is 5.56 Å². The van der Waals surface area contributed by atoms with Crippen molar-refractivity contribution in [3.05, 3.63) is 28.8 Å². The Hall–Kier alpha value is -0.700. The fraction of sp³-hybridized carbons (Fsp3) is 0.400. The molecule has 1 aromatic carbocycles. The lowest BCUT2D eigenvalue weighted by molar-refractivity contribution is 0.520. The van der Waals surface area contributed by atoms with Gasteiger partial charge in [-0.1, -0.05) is 17.7 Å². The highest BCUT2D eigenvalue weighted by Gasteiger charge is 2.21. The van der Waals surface area contributed by atoms with Crippen LogP contribution in [0.15, 0.2) is 23.1 Å². The van der Waals surface area contributed by atoms with Crippen molar-refractivity contribution < 1.29 is 20.7 Å². The van der Waals surface area contributed by atoms with E-state index in [1.807, 2.05) is 0 Å². The smallest absolute Gasteiger partial charge is 0.207 e. The fourth-order valence-corrected chi connectivity index (χ4v) is 3.24. The summed E-state index contributed by atoms with van der Waals surface area (Å²) in [4.78, 5) is -0.132. The van der Waals surface area contributed by atoms with Gasteiger partial charge < -0.3 is 0 Å². The highest BCUT2D eigenvalue weighted by molar-refractivity contribution is 7.89. The van der Waals surface area contributed by atoms with Gasteiger partial charge >= 0.3 is 10.2 Å². The van der Waals surface area contributed by atoms with Gasteiger partial charge in [-0.15, -0.1) is 3.89 Å². The molecule has 108 valence electrons. The molecule has 0 radical (unpaired) electrons. The Balaban J connectivity index is 3.15. The fourth-order valence-electron chi connectivity index (χ4n) is 1.34. The van der Waals surface area contributed by atoms with Crippen LogP contribution in [0.3, 0.4) is 0 Å². The third-order valence-electron chi connectivity index (χ3n) is 2.39. The molecular formula is C10H13ClFNO4S2. The Kier molecular flexibility index (Phi) is 4.94. The largest absolute Gasteiger partial charge is 0.302 e. The van der Waals surface area contributed by atoms with Crippen LogP contribution in [0.1, 0.15) is 5.56 Å². The molecule has 1 rings (SSSR count). The second-order valence-electron chi connectivity index (χ2n) is 4.05. The molecule has 0 saturated carbocycles. The molecule has 0 atom stereocenters. The van der Waals surface area contributed by atoms with Crippen LogP contribution in [0.2, 0.25) is 5.02 Å². The normalized spacial score (nSPS) is 12.9. The monoisotopic (exact) mass is 329 g/mol. The van der Waals surface area contributed by atoms with Gasteiger partial charge in [0.25, 0.3) is 0 Å². The van der Waals surface area contributed by atoms with Crippen LogP contribution in [-0.2, 0) is 26.7 Å². The maximum atomic E-state index is 12.4. The van der Waals surface area contributed by atoms with Crippen molar-refractivity contribution in [2.45, 2.75) is 11.3 Å². The Morgan fingerprint density at radius 2 is 1.79 bits per heavy atom. The van der Waals surface area contributed by atoms with Crippen LogP contribution in [0, 0.1) is 0 Å². The summed E-state index contributed by atoms with van der Waals surface area (Å²) in [6.45, 7) is 0. The minimum Gasteiger partial charge on any atom is -0.207 e. The average molecular weight is 330 g/mol. The van der Waals surface area contributed by atoms with E-state index in [-0.39, 0.29) is 16.3 Å². The minimum atomic E-state index is -4.59. The Morgan fingerprint density at radius 3 is 2.26 bits per heavy atom. The molecular weight excluding hydrogens is 317 g/mol. The Labute approximate surface area is 117 Å². The number of sulfonamides is 1. The highest BCUT2D eigenvalue weighted by Crippen LogP contribution is 2.25. The zero-order chi connectivity index (χ0) is 14.8. The van der Waals surface area contributed by atoms with Crippen LogP contribution in [0.4, 0.5) is 3.89 Å². The molecule has 0 aromatic heterocycles. The molecule has 1 aromatic rings. The van der Waals surface area contributed by atoms with E-state index in [1.54, 1.807) is 0 Å². The number of rotatable bonds is 5. The van der Waals surface area contributed by atoms with Gasteiger partial charge in [0.05, 0.1) is 10.8 Å². The summed E-state index contributed by atoms with van der Waals surface area (Å²) < 4.78 is 58.2. The standard InChI is InChI=1S/C10H13ClFNO4S2/c1-13(2)19(16,17)10-7-8(3-4-9(10)11)5-6-18(12,14)15/h3-4,7H,5-6H2,1-2H3. The van der Waals surface area contributed by atoms with Gasteiger partial charge in [0.2, 0.25) is 10.0 Å². The van der Waals surface area contributed by atoms with E-state index < -0.39 is 26.0 Å². The van der Waals surface area contributed by atoms with Crippen molar-refractivity contribution in [3.63, 3.8) is 0 Å². The molecule has 19 heavy (non-hydrogen) atoms. The quantitative estimate of drug-likeness (QED) is 0.766. The van der Waals surface area contributed by atoms with Crippen molar-refractivity contribution in [2.24, 2.45) is 0 Å². The number of aryl methyl sites for hydroxylation is 1. The molecule has 0 aliphatic rings. The molecule has 0 saturated heterocycles. The Morgan fingerprint density at radius 1 is 1.21 bits per heavy atom. The van der Waals surface area contributed by atoms with Gasteiger partial charge in [-0.3, -0.25) is 0 Å². The number of nitrogens with zero attached hydrogens (tertiary/aromatic N) is 1. The van der Waals surface area contributed by atoms with Gasteiger partial charge in [-0.05, 0) is 24.1 Å². The molecule has 0 heterocycles. The molecule has 0 amide bonds. The van der Waals surface area contributed by atoms with Crippen LogP contribution < -0.4 is 0 Å². The zero-order valence-corrected chi connectivity index (χ0v) is 12.7. The SMILES string of the molecule is CN(C)S(=O)(=O)c1cc(CCS(=O)(=O)F)ccc1Cl. The van der Waals surface area contributed by atoms with E-state index in [9.17, 15) is 20.7 Å². The van der Waals surface area contributed by atoms with Crippen LogP contribution in [0.5, 0.6) is 0 Å². The molecule has 5 nitrogen and oxygen atoms in total. The van der Waals surface area contributed by atoms with E-state index in [1.165, 1.54) is 32.3 Å². The summed E-state index contributed by atoms with van der Waals surface area (Å²) in [6, 6.07) is 4.06. The number of hydrogen-bond donors (Lipinski definition) is 0. The average Bonchev–Trinajstić information content (AvgIpc) is 2.26. The van der Waals surface area contributed by atoms with Crippen LogP contribution in [0.25, 0.3) is 0 Å². The first-order chi connectivity index (χ1) is 8.54. The maximum absolute atomic E-state index is 12.4. The van der Waals surface area contributed by atoms with Gasteiger partial charge in [0.15, 0.2) is 0 Å². The molecule has 9 heteroatoms. The van der Waals surface area contributed by atoms with Gasteiger partial charge in [0.1, 0.15) is 4.90 Å². The third kappa shape index (κ3) is 4.41. The first-order valence-electron chi connectivity index (χ1n) is 5.17. The number of hydrogen-bond acceptors (Lipinski definition) is 4. The zero-order valence-electron chi connectivity index (χ0n) is 10.3. The third-order valence-corrected chi connectivity index (χ3v) is 5.38. The van der Waals surface area contributed by atoms with Gasteiger partial charge in [0, 0.05) is 14.1 Å². The first kappa shape index (κ1) is 16.4. The molecule has 0 fully saturated rings. The molecule has 0 aliphatic heterocycles. The summed E-state index contributed by atoms with van der Waals surface area (Å²) in [5, 5.41) is 0.0283. The second-order valence-corrected chi connectivity index (χ2v) is 8.06. The number of halogens is 2. The molecule has 0 N–H and O–H groups in total. The first-order valence-corrected chi connectivity index (χ1v) is 8.54. The lowest BCUT2D eigenvalue weighted by atomic mass is 10.2. The van der Waals surface area contributed by atoms with Crippen LogP contribution in [-0.4, -0.2) is 41.0 Å². The summed E-state index contributed by atoms with van der Waals surface area (Å²) in [6.07, 6.45) is -0.119. The molecule has 0 unspecified atom stereocenters. The van der Waals surface area contributed by atoms with Crippen molar-refractivity contribution in [2.75, 3.05) is 19.8 Å². The molecule has 0 aliphatic carbocycles. The van der Waals surface area contributed by atoms with Gasteiger partial charge in [-0.2, -0.15) is 8.42 Å². The van der Waals surface area contributed by atoms with Crippen molar-refractivity contribution in [1.82, 2.24) is 4.31 Å². The molecule has 0 spiro atoms. The lowest BCUT2D eigenvalue weighted by Gasteiger charge is -2.13. The van der Waals surface area contributed by atoms with E-state index in [4.69, 9.17) is 11.6 Å². The van der Waals surface area contributed by atoms with Crippen molar-refractivity contribution >= 4 is 31.8 Å². The maximum Gasteiger partial charge on any atom is 0.302 e. The predicted octanol–water partition coefficient (Wildman–Crippen LogP) is 1.43. The molecule has 0 bridgehead atoms. The minimum absolute atomic E-state index is 0.0283. The van der Waals surface area contributed by atoms with E-state index >= 15 is 0 Å². The topological polar surface area (TPSA) is 71.5 Å². The number of benzene rings is 1. The summed E-state index contributed by atoms with van der Waals surface area (Å²) in [5.74, 6) is -0.698. The summed E-state index contributed by atoms with van der Waals surface area (Å²) >= 11 is 5.82. The predicted molar refractivity (Wildman–Crippen MR) is 70.9 cm³/mol. The van der Waals surface area contributed by atoms with Gasteiger partial charge in [-0.25, -0.2) is 12.7 Å². The summed E-state index contributed by atoms with van der Waals surface area (Å²) in [5.41, 5.74) is 0.381. The van der Waals surface area contributed by atoms with Crippen molar-refractivity contribution in [1.29, 1.82) is 0 Å². The Bertz CT molecular complexity index is 671. The van der Waals surface area contributed by atoms with Crippen LogP contribution >= 0.6 is 11.6 Å². The summed E-state index contributed by atoms with van der Waals surface area (Å²) in [7, 11) is -5.61. The highest BCUT2D eigenvalue weighted by atomic mass is 35.5. The van der Waals surface area contributed by atoms with E-state index in [2.05, 4.69) is 0 Å². The second kappa shape index (κ2) is 5.74. The lowest BCUT2D eigenvalue weighted by Crippen LogP contribution is -2.22. The van der Waals surface area contributed by atoms with E-state index in [0.717, 1.165) is 4.31 Å².